The minimum atomic E-state index is -3.13. The fraction of sp³-hybridized carbons (Fsp3) is 0.471. The summed E-state index contributed by atoms with van der Waals surface area (Å²) >= 11 is 0. The summed E-state index contributed by atoms with van der Waals surface area (Å²) in [5.41, 5.74) is 2.93. The fourth-order valence-corrected chi connectivity index (χ4v) is 4.75. The zero-order chi connectivity index (χ0) is 18.2. The summed E-state index contributed by atoms with van der Waals surface area (Å²) in [6, 6.07) is 5.29. The largest absolute Gasteiger partial charge is 0.321 e. The Bertz CT molecular complexity index is 861. The quantitative estimate of drug-likeness (QED) is 0.878. The van der Waals surface area contributed by atoms with Crippen LogP contribution in [0.5, 0.6) is 0 Å². The SMILES string of the molecule is Cc1ccc(C)c(NC(=O)C2=NN([C@H]3CCS(=O)(=O)C3)C(=O)CC2)c1. The van der Waals surface area contributed by atoms with E-state index in [-0.39, 0.29) is 41.9 Å². The molecule has 1 N–H and O–H groups in total. The maximum atomic E-state index is 12.5. The number of carbonyl (C=O) groups excluding carboxylic acids is 2. The van der Waals surface area contributed by atoms with Gasteiger partial charge in [0.25, 0.3) is 5.91 Å². The third-order valence-corrected chi connectivity index (χ3v) is 6.27. The number of hydrogen-bond acceptors (Lipinski definition) is 5. The average Bonchev–Trinajstić information content (AvgIpc) is 2.91. The van der Waals surface area contributed by atoms with Crippen LogP contribution in [0.1, 0.15) is 30.4 Å². The van der Waals surface area contributed by atoms with E-state index in [0.717, 1.165) is 11.1 Å². The highest BCUT2D eigenvalue weighted by atomic mass is 32.2. The van der Waals surface area contributed by atoms with E-state index in [0.29, 0.717) is 12.1 Å². The van der Waals surface area contributed by atoms with Gasteiger partial charge in [0, 0.05) is 18.5 Å². The van der Waals surface area contributed by atoms with Crippen molar-refractivity contribution in [2.24, 2.45) is 5.10 Å². The van der Waals surface area contributed by atoms with Crippen molar-refractivity contribution in [3.63, 3.8) is 0 Å². The third kappa shape index (κ3) is 3.89. The predicted octanol–water partition coefficient (Wildman–Crippen LogP) is 1.41. The highest BCUT2D eigenvalue weighted by molar-refractivity contribution is 7.91. The monoisotopic (exact) mass is 363 g/mol. The fourth-order valence-electron chi connectivity index (χ4n) is 3.05. The molecule has 0 saturated carbocycles. The number of hydrazone groups is 1. The summed E-state index contributed by atoms with van der Waals surface area (Å²) in [7, 11) is -3.13. The van der Waals surface area contributed by atoms with Crippen LogP contribution < -0.4 is 5.32 Å². The molecule has 1 aromatic rings. The van der Waals surface area contributed by atoms with Crippen LogP contribution >= 0.6 is 0 Å². The van der Waals surface area contributed by atoms with Crippen LogP contribution in [0.4, 0.5) is 5.69 Å². The Kier molecular flexibility index (Phi) is 4.64. The lowest BCUT2D eigenvalue weighted by atomic mass is 10.1. The van der Waals surface area contributed by atoms with Gasteiger partial charge in [-0.1, -0.05) is 12.1 Å². The highest BCUT2D eigenvalue weighted by Crippen LogP contribution is 2.23. The molecule has 0 unspecified atom stereocenters. The second-order valence-corrected chi connectivity index (χ2v) is 8.84. The summed E-state index contributed by atoms with van der Waals surface area (Å²) in [5, 5.41) is 8.22. The number of nitrogens with zero attached hydrogens (tertiary/aromatic N) is 2. The Morgan fingerprint density at radius 3 is 2.72 bits per heavy atom. The maximum absolute atomic E-state index is 12.5. The smallest absolute Gasteiger partial charge is 0.271 e. The molecule has 3 rings (SSSR count). The third-order valence-electron chi connectivity index (χ3n) is 4.52. The van der Waals surface area contributed by atoms with Crippen molar-refractivity contribution in [1.82, 2.24) is 5.01 Å². The molecule has 1 saturated heterocycles. The van der Waals surface area contributed by atoms with E-state index in [1.54, 1.807) is 0 Å². The number of nitrogens with one attached hydrogen (secondary N) is 1. The number of sulfone groups is 1. The molecule has 0 radical (unpaired) electrons. The molecule has 2 aliphatic rings. The van der Waals surface area contributed by atoms with Crippen LogP contribution in [0.3, 0.4) is 0 Å². The van der Waals surface area contributed by atoms with Gasteiger partial charge in [0.05, 0.1) is 17.5 Å². The molecule has 2 aliphatic heterocycles. The van der Waals surface area contributed by atoms with E-state index >= 15 is 0 Å². The van der Waals surface area contributed by atoms with Crippen molar-refractivity contribution in [2.45, 2.75) is 39.2 Å². The lowest BCUT2D eigenvalue weighted by molar-refractivity contribution is -0.133. The van der Waals surface area contributed by atoms with Crippen molar-refractivity contribution in [3.8, 4) is 0 Å². The Balaban J connectivity index is 1.79. The molecule has 134 valence electrons. The van der Waals surface area contributed by atoms with E-state index < -0.39 is 15.9 Å². The van der Waals surface area contributed by atoms with Gasteiger partial charge in [-0.15, -0.1) is 0 Å². The Hall–Kier alpha value is -2.22. The lowest BCUT2D eigenvalue weighted by Gasteiger charge is -2.27. The molecule has 0 spiro atoms. The van der Waals surface area contributed by atoms with E-state index in [2.05, 4.69) is 10.4 Å². The number of amides is 2. The first-order chi connectivity index (χ1) is 11.7. The number of rotatable bonds is 3. The predicted molar refractivity (Wildman–Crippen MR) is 95.1 cm³/mol. The molecule has 7 nitrogen and oxygen atoms in total. The summed E-state index contributed by atoms with van der Waals surface area (Å²) in [5.74, 6) is -0.618. The molecule has 1 aromatic carbocycles. The number of benzene rings is 1. The zero-order valence-corrected chi connectivity index (χ0v) is 15.1. The van der Waals surface area contributed by atoms with Crippen molar-refractivity contribution in [3.05, 3.63) is 29.3 Å². The van der Waals surface area contributed by atoms with Gasteiger partial charge in [-0.2, -0.15) is 5.10 Å². The van der Waals surface area contributed by atoms with Gasteiger partial charge >= 0.3 is 0 Å². The second kappa shape index (κ2) is 6.59. The lowest BCUT2D eigenvalue weighted by Crippen LogP contribution is -2.42. The highest BCUT2D eigenvalue weighted by Gasteiger charge is 2.37. The van der Waals surface area contributed by atoms with Gasteiger partial charge in [-0.25, -0.2) is 13.4 Å². The summed E-state index contributed by atoms with van der Waals surface area (Å²) in [6.45, 7) is 3.84. The first-order valence-corrected chi connectivity index (χ1v) is 10.1. The Labute approximate surface area is 147 Å². The molecule has 2 heterocycles. The molecule has 1 fully saturated rings. The summed E-state index contributed by atoms with van der Waals surface area (Å²) < 4.78 is 23.3. The molecular formula is C17H21N3O4S. The molecule has 25 heavy (non-hydrogen) atoms. The van der Waals surface area contributed by atoms with Gasteiger partial charge in [-0.05, 0) is 37.5 Å². The maximum Gasteiger partial charge on any atom is 0.271 e. The van der Waals surface area contributed by atoms with E-state index in [4.69, 9.17) is 0 Å². The van der Waals surface area contributed by atoms with E-state index in [9.17, 15) is 18.0 Å². The van der Waals surface area contributed by atoms with Gasteiger partial charge in [0.2, 0.25) is 5.91 Å². The summed E-state index contributed by atoms with van der Waals surface area (Å²) in [6.07, 6.45) is 0.782. The van der Waals surface area contributed by atoms with Gasteiger partial charge in [-0.3, -0.25) is 9.59 Å². The molecule has 0 aromatic heterocycles. The molecule has 0 bridgehead atoms. The minimum absolute atomic E-state index is 0.0565. The zero-order valence-electron chi connectivity index (χ0n) is 14.3. The number of hydrogen-bond donors (Lipinski definition) is 1. The van der Waals surface area contributed by atoms with Gasteiger partial charge < -0.3 is 5.32 Å². The molecule has 8 heteroatoms. The van der Waals surface area contributed by atoms with E-state index in [1.165, 1.54) is 5.01 Å². The van der Waals surface area contributed by atoms with Crippen molar-refractivity contribution < 1.29 is 18.0 Å². The standard InChI is InChI=1S/C17H21N3O4S/c1-11-3-4-12(2)15(9-11)18-17(22)14-5-6-16(21)20(19-14)13-7-8-25(23,24)10-13/h3-4,9,13H,5-8,10H2,1-2H3,(H,18,22)/t13-/m0/s1. The Morgan fingerprint density at radius 1 is 1.28 bits per heavy atom. The number of anilines is 1. The van der Waals surface area contributed by atoms with Crippen molar-refractivity contribution in [2.75, 3.05) is 16.8 Å². The van der Waals surface area contributed by atoms with Crippen molar-refractivity contribution in [1.29, 1.82) is 0 Å². The van der Waals surface area contributed by atoms with Gasteiger partial charge in [0.15, 0.2) is 9.84 Å². The second-order valence-electron chi connectivity index (χ2n) is 6.61. The minimum Gasteiger partial charge on any atom is -0.321 e. The summed E-state index contributed by atoms with van der Waals surface area (Å²) in [4.78, 5) is 24.6. The molecular weight excluding hydrogens is 342 g/mol. The Morgan fingerprint density at radius 2 is 2.04 bits per heavy atom. The molecule has 1 atom stereocenters. The first kappa shape index (κ1) is 17.6. The first-order valence-electron chi connectivity index (χ1n) is 8.24. The number of carbonyl (C=O) groups is 2. The van der Waals surface area contributed by atoms with Crippen LogP contribution in [-0.4, -0.2) is 48.5 Å². The number of aryl methyl sites for hydroxylation is 2. The molecule has 2 amide bonds. The topological polar surface area (TPSA) is 95.9 Å². The van der Waals surface area contributed by atoms with Gasteiger partial charge in [0.1, 0.15) is 5.71 Å². The van der Waals surface area contributed by atoms with Crippen LogP contribution in [0.25, 0.3) is 0 Å². The van der Waals surface area contributed by atoms with Crippen molar-refractivity contribution >= 4 is 33.1 Å². The van der Waals surface area contributed by atoms with Crippen LogP contribution in [0, 0.1) is 13.8 Å². The molecule has 0 aliphatic carbocycles. The normalized spacial score (nSPS) is 22.6. The van der Waals surface area contributed by atoms with E-state index in [1.807, 2.05) is 32.0 Å². The van der Waals surface area contributed by atoms with Crippen LogP contribution in [0.15, 0.2) is 23.3 Å². The van der Waals surface area contributed by atoms with Crippen LogP contribution in [0.2, 0.25) is 0 Å². The van der Waals surface area contributed by atoms with Crippen LogP contribution in [-0.2, 0) is 19.4 Å². The average molecular weight is 363 g/mol.